The number of amides is 2. The number of hydrogen-bond acceptors (Lipinski definition) is 2. The van der Waals surface area contributed by atoms with E-state index >= 15 is 0 Å². The summed E-state index contributed by atoms with van der Waals surface area (Å²) in [5.41, 5.74) is 0.0487. The molecule has 2 aliphatic rings. The quantitative estimate of drug-likeness (QED) is 0.588. The second-order valence-electron chi connectivity index (χ2n) is 4.76. The highest BCUT2D eigenvalue weighted by Crippen LogP contribution is 2.38. The maximum Gasteiger partial charge on any atom is 0.238 e. The molecule has 0 spiro atoms. The lowest BCUT2D eigenvalue weighted by Gasteiger charge is -2.15. The normalized spacial score (nSPS) is 25.9. The SMILES string of the molecule is O=C1[C@H]2CC=CC[C@H]2C(=O)N1c1ccc(Br)cc1F. The van der Waals surface area contributed by atoms with Crippen LogP contribution in [-0.2, 0) is 9.59 Å². The zero-order valence-electron chi connectivity index (χ0n) is 9.98. The highest BCUT2D eigenvalue weighted by atomic mass is 79.9. The number of allylic oxidation sites excluding steroid dienone is 2. The van der Waals surface area contributed by atoms with Crippen LogP contribution >= 0.6 is 15.9 Å². The minimum Gasteiger partial charge on any atom is -0.274 e. The Morgan fingerprint density at radius 2 is 1.68 bits per heavy atom. The number of fused-ring (bicyclic) bond motifs is 1. The zero-order chi connectivity index (χ0) is 13.6. The maximum absolute atomic E-state index is 13.9. The van der Waals surface area contributed by atoms with E-state index in [1.165, 1.54) is 12.1 Å². The number of benzene rings is 1. The van der Waals surface area contributed by atoms with Crippen LogP contribution in [0.3, 0.4) is 0 Å². The van der Waals surface area contributed by atoms with Crippen LogP contribution in [0.1, 0.15) is 12.8 Å². The van der Waals surface area contributed by atoms with Gasteiger partial charge in [0.25, 0.3) is 0 Å². The average Bonchev–Trinajstić information content (AvgIpc) is 2.64. The second kappa shape index (κ2) is 4.56. The van der Waals surface area contributed by atoms with E-state index in [1.807, 2.05) is 12.2 Å². The van der Waals surface area contributed by atoms with Crippen molar-refractivity contribution in [1.29, 1.82) is 0 Å². The summed E-state index contributed by atoms with van der Waals surface area (Å²) in [4.78, 5) is 25.6. The molecule has 98 valence electrons. The van der Waals surface area contributed by atoms with Gasteiger partial charge in [0, 0.05) is 4.47 Å². The van der Waals surface area contributed by atoms with Gasteiger partial charge < -0.3 is 0 Å². The van der Waals surface area contributed by atoms with Gasteiger partial charge in [0.2, 0.25) is 11.8 Å². The number of rotatable bonds is 1. The van der Waals surface area contributed by atoms with E-state index in [4.69, 9.17) is 0 Å². The van der Waals surface area contributed by atoms with Gasteiger partial charge in [0.05, 0.1) is 17.5 Å². The van der Waals surface area contributed by atoms with Gasteiger partial charge in [0.1, 0.15) is 5.82 Å². The van der Waals surface area contributed by atoms with E-state index in [-0.39, 0.29) is 29.3 Å². The number of nitrogens with zero attached hydrogens (tertiary/aromatic N) is 1. The molecule has 1 fully saturated rings. The monoisotopic (exact) mass is 323 g/mol. The van der Waals surface area contributed by atoms with E-state index in [1.54, 1.807) is 6.07 Å². The lowest BCUT2D eigenvalue weighted by molar-refractivity contribution is -0.122. The summed E-state index contributed by atoms with van der Waals surface area (Å²) < 4.78 is 14.5. The largest absolute Gasteiger partial charge is 0.274 e. The van der Waals surface area contributed by atoms with Crippen molar-refractivity contribution in [3.63, 3.8) is 0 Å². The van der Waals surface area contributed by atoms with Gasteiger partial charge in [0.15, 0.2) is 0 Å². The van der Waals surface area contributed by atoms with E-state index in [9.17, 15) is 14.0 Å². The van der Waals surface area contributed by atoms with Crippen molar-refractivity contribution < 1.29 is 14.0 Å². The van der Waals surface area contributed by atoms with Crippen molar-refractivity contribution >= 4 is 33.4 Å². The number of imide groups is 1. The molecule has 1 aromatic rings. The third-order valence-electron chi connectivity index (χ3n) is 3.66. The summed E-state index contributed by atoms with van der Waals surface area (Å²) in [6.07, 6.45) is 4.94. The molecule has 3 rings (SSSR count). The molecule has 1 aromatic carbocycles. The second-order valence-corrected chi connectivity index (χ2v) is 5.68. The molecule has 0 bridgehead atoms. The first kappa shape index (κ1) is 12.5. The number of halogens is 2. The maximum atomic E-state index is 13.9. The molecule has 2 atom stereocenters. The summed E-state index contributed by atoms with van der Waals surface area (Å²) in [5, 5.41) is 0. The third kappa shape index (κ3) is 1.92. The van der Waals surface area contributed by atoms with Crippen LogP contribution in [0, 0.1) is 17.7 Å². The molecule has 2 amide bonds. The molecule has 1 aliphatic carbocycles. The molecule has 0 unspecified atom stereocenters. The predicted molar refractivity (Wildman–Crippen MR) is 71.9 cm³/mol. The molecular formula is C14H11BrFNO2. The van der Waals surface area contributed by atoms with Gasteiger partial charge in [-0.1, -0.05) is 28.1 Å². The van der Waals surface area contributed by atoms with Gasteiger partial charge in [-0.15, -0.1) is 0 Å². The fourth-order valence-corrected chi connectivity index (χ4v) is 3.03. The fourth-order valence-electron chi connectivity index (χ4n) is 2.70. The Morgan fingerprint density at radius 1 is 1.11 bits per heavy atom. The summed E-state index contributed by atoms with van der Waals surface area (Å²) in [6.45, 7) is 0. The molecule has 19 heavy (non-hydrogen) atoms. The first-order chi connectivity index (χ1) is 9.09. The van der Waals surface area contributed by atoms with Gasteiger partial charge in [-0.25, -0.2) is 9.29 Å². The molecule has 1 heterocycles. The first-order valence-electron chi connectivity index (χ1n) is 6.07. The molecular weight excluding hydrogens is 313 g/mol. The summed E-state index contributed by atoms with van der Waals surface area (Å²) in [7, 11) is 0. The molecule has 1 saturated heterocycles. The van der Waals surface area contributed by atoms with Gasteiger partial charge in [-0.3, -0.25) is 9.59 Å². The van der Waals surface area contributed by atoms with Crippen molar-refractivity contribution in [3.8, 4) is 0 Å². The van der Waals surface area contributed by atoms with Gasteiger partial charge >= 0.3 is 0 Å². The highest BCUT2D eigenvalue weighted by Gasteiger charge is 2.48. The minimum absolute atomic E-state index is 0.0487. The zero-order valence-corrected chi connectivity index (χ0v) is 11.6. The van der Waals surface area contributed by atoms with Crippen LogP contribution in [0.25, 0.3) is 0 Å². The van der Waals surface area contributed by atoms with E-state index in [0.717, 1.165) is 4.90 Å². The number of carbonyl (C=O) groups is 2. The molecule has 0 aromatic heterocycles. The fraction of sp³-hybridized carbons (Fsp3) is 0.286. The molecule has 0 radical (unpaired) electrons. The molecule has 3 nitrogen and oxygen atoms in total. The lowest BCUT2D eigenvalue weighted by Crippen LogP contribution is -2.31. The van der Waals surface area contributed by atoms with Crippen LogP contribution in [0.5, 0.6) is 0 Å². The van der Waals surface area contributed by atoms with Crippen LogP contribution < -0.4 is 4.90 Å². The van der Waals surface area contributed by atoms with E-state index < -0.39 is 5.82 Å². The van der Waals surface area contributed by atoms with Crippen LogP contribution in [0.4, 0.5) is 10.1 Å². The number of hydrogen-bond donors (Lipinski definition) is 0. The number of anilines is 1. The first-order valence-corrected chi connectivity index (χ1v) is 6.87. The topological polar surface area (TPSA) is 37.4 Å². The summed E-state index contributed by atoms with van der Waals surface area (Å²) >= 11 is 3.16. The Morgan fingerprint density at radius 3 is 2.21 bits per heavy atom. The van der Waals surface area contributed by atoms with E-state index in [0.29, 0.717) is 17.3 Å². The van der Waals surface area contributed by atoms with Gasteiger partial charge in [-0.05, 0) is 31.0 Å². The molecule has 5 heteroatoms. The highest BCUT2D eigenvalue weighted by molar-refractivity contribution is 9.10. The standard InChI is InChI=1S/C14H11BrFNO2/c15-8-5-6-12(11(16)7-8)17-13(18)9-3-1-2-4-10(9)14(17)19/h1-2,5-7,9-10H,3-4H2/t9-,10+. The van der Waals surface area contributed by atoms with Crippen molar-refractivity contribution in [1.82, 2.24) is 0 Å². The van der Waals surface area contributed by atoms with Crippen molar-refractivity contribution in [3.05, 3.63) is 40.6 Å². The van der Waals surface area contributed by atoms with Crippen LogP contribution in [0.15, 0.2) is 34.8 Å². The molecule has 1 aliphatic heterocycles. The Labute approximate surface area is 118 Å². The lowest BCUT2D eigenvalue weighted by atomic mass is 9.85. The Bertz CT molecular complexity index is 573. The van der Waals surface area contributed by atoms with Crippen molar-refractivity contribution in [2.24, 2.45) is 11.8 Å². The Balaban J connectivity index is 2.02. The molecule has 0 N–H and O–H groups in total. The third-order valence-corrected chi connectivity index (χ3v) is 4.15. The minimum atomic E-state index is -0.567. The predicted octanol–water partition coefficient (Wildman–Crippen LogP) is 3.04. The Hall–Kier alpha value is -1.49. The van der Waals surface area contributed by atoms with Crippen LogP contribution in [-0.4, -0.2) is 11.8 Å². The van der Waals surface area contributed by atoms with Crippen molar-refractivity contribution in [2.45, 2.75) is 12.8 Å². The average molecular weight is 324 g/mol. The van der Waals surface area contributed by atoms with Crippen LogP contribution in [0.2, 0.25) is 0 Å². The van der Waals surface area contributed by atoms with Gasteiger partial charge in [-0.2, -0.15) is 0 Å². The van der Waals surface area contributed by atoms with Crippen molar-refractivity contribution in [2.75, 3.05) is 4.90 Å². The number of carbonyl (C=O) groups excluding carboxylic acids is 2. The summed E-state index contributed by atoms with van der Waals surface area (Å²) in [5.74, 6) is -1.81. The summed E-state index contributed by atoms with van der Waals surface area (Å²) in [6, 6.07) is 4.34. The Kier molecular flexibility index (Phi) is 3.01. The smallest absolute Gasteiger partial charge is 0.238 e. The van der Waals surface area contributed by atoms with E-state index in [2.05, 4.69) is 15.9 Å². The molecule has 0 saturated carbocycles.